The highest BCUT2D eigenvalue weighted by molar-refractivity contribution is 7.98. The van der Waals surface area contributed by atoms with Crippen LogP contribution in [0.25, 0.3) is 28.1 Å². The topological polar surface area (TPSA) is 112 Å². The maximum atomic E-state index is 13.5. The summed E-state index contributed by atoms with van der Waals surface area (Å²) in [6, 6.07) is 13.9. The van der Waals surface area contributed by atoms with Crippen LogP contribution in [-0.2, 0) is 11.2 Å². The predicted molar refractivity (Wildman–Crippen MR) is 142 cm³/mol. The van der Waals surface area contributed by atoms with Gasteiger partial charge >= 0.3 is 0 Å². The fourth-order valence-electron chi connectivity index (χ4n) is 4.30. The quantitative estimate of drug-likeness (QED) is 0.302. The number of nitrogens with one attached hydrogen (secondary N) is 1. The van der Waals surface area contributed by atoms with Gasteiger partial charge in [0.05, 0.1) is 25.1 Å². The summed E-state index contributed by atoms with van der Waals surface area (Å²) in [7, 11) is 1.59. The number of pyridine rings is 1. The van der Waals surface area contributed by atoms with Gasteiger partial charge in [0.1, 0.15) is 17.3 Å². The smallest absolute Gasteiger partial charge is 0.228 e. The summed E-state index contributed by atoms with van der Waals surface area (Å²) >= 11 is 1.69. The van der Waals surface area contributed by atoms with Crippen LogP contribution in [0.1, 0.15) is 29.6 Å². The summed E-state index contributed by atoms with van der Waals surface area (Å²) in [5.41, 5.74) is 1.98. The van der Waals surface area contributed by atoms with Gasteiger partial charge in [-0.05, 0) is 61.8 Å². The molecular formula is C27H26N4O5S. The standard InChI is InChI=1S/C27H26N4O5S/c1-16-14-21(32)26-25(35-16)19(24(36-26)17-7-9-18(34-2)10-8-17)15-23(33)28-20(11-13-37-3)27-30-29-22-6-4-5-12-31(22)27/h4-10,12,14,20H,11,13,15H2,1-3H3,(H,28,33). The van der Waals surface area contributed by atoms with Crippen molar-refractivity contribution in [2.75, 3.05) is 19.1 Å². The lowest BCUT2D eigenvalue weighted by Crippen LogP contribution is -2.31. The van der Waals surface area contributed by atoms with Crippen LogP contribution in [0.4, 0.5) is 0 Å². The number of hydrogen-bond donors (Lipinski definition) is 1. The van der Waals surface area contributed by atoms with Crippen LogP contribution in [0.5, 0.6) is 5.75 Å². The van der Waals surface area contributed by atoms with E-state index >= 15 is 0 Å². The van der Waals surface area contributed by atoms with Crippen LogP contribution in [0, 0.1) is 6.92 Å². The van der Waals surface area contributed by atoms with Crippen molar-refractivity contribution in [2.45, 2.75) is 25.8 Å². The summed E-state index contributed by atoms with van der Waals surface area (Å²) < 4.78 is 19.0. The number of furan rings is 1. The van der Waals surface area contributed by atoms with Crippen molar-refractivity contribution in [2.24, 2.45) is 0 Å². The van der Waals surface area contributed by atoms with Crippen molar-refractivity contribution in [3.05, 3.63) is 82.1 Å². The SMILES string of the molecule is COc1ccc(-c2oc3c(=O)cc(C)oc3c2CC(=O)NC(CCSC)c2nnc3ccccn23)cc1. The highest BCUT2D eigenvalue weighted by atomic mass is 32.2. The van der Waals surface area contributed by atoms with Crippen molar-refractivity contribution >= 4 is 34.5 Å². The molecule has 10 heteroatoms. The summed E-state index contributed by atoms with van der Waals surface area (Å²) in [5.74, 6) is 2.77. The molecule has 0 aliphatic rings. The van der Waals surface area contributed by atoms with Gasteiger partial charge in [-0.3, -0.25) is 14.0 Å². The van der Waals surface area contributed by atoms with E-state index < -0.39 is 0 Å². The number of ether oxygens (including phenoxy) is 1. The second-order valence-corrected chi connectivity index (χ2v) is 9.57. The lowest BCUT2D eigenvalue weighted by molar-refractivity contribution is -0.121. The highest BCUT2D eigenvalue weighted by Gasteiger charge is 2.25. The lowest BCUT2D eigenvalue weighted by Gasteiger charge is -2.17. The fraction of sp³-hybridized carbons (Fsp3) is 0.259. The molecule has 1 N–H and O–H groups in total. The number of carbonyl (C=O) groups excluding carboxylic acids is 1. The molecule has 0 saturated heterocycles. The number of amides is 1. The largest absolute Gasteiger partial charge is 0.497 e. The minimum atomic E-state index is -0.353. The van der Waals surface area contributed by atoms with Crippen LogP contribution in [-0.4, -0.2) is 39.6 Å². The summed E-state index contributed by atoms with van der Waals surface area (Å²) in [6.45, 7) is 1.69. The van der Waals surface area contributed by atoms with Gasteiger partial charge in [-0.15, -0.1) is 10.2 Å². The Morgan fingerprint density at radius 2 is 1.95 bits per heavy atom. The van der Waals surface area contributed by atoms with E-state index in [0.29, 0.717) is 46.3 Å². The Morgan fingerprint density at radius 1 is 1.14 bits per heavy atom. The second kappa shape index (κ2) is 10.5. The molecule has 190 valence electrons. The first-order chi connectivity index (χ1) is 18.0. The number of rotatable bonds is 9. The zero-order valence-corrected chi connectivity index (χ0v) is 21.5. The molecule has 0 fully saturated rings. The van der Waals surface area contributed by atoms with Crippen molar-refractivity contribution in [3.8, 4) is 17.1 Å². The van der Waals surface area contributed by atoms with E-state index in [4.69, 9.17) is 13.6 Å². The number of hydrogen-bond acceptors (Lipinski definition) is 8. The molecule has 1 aromatic carbocycles. The Morgan fingerprint density at radius 3 is 2.70 bits per heavy atom. The number of carbonyl (C=O) groups is 1. The molecule has 1 amide bonds. The highest BCUT2D eigenvalue weighted by Crippen LogP contribution is 2.34. The monoisotopic (exact) mass is 518 g/mol. The van der Waals surface area contributed by atoms with Crippen molar-refractivity contribution in [1.29, 1.82) is 0 Å². The number of nitrogens with zero attached hydrogens (tertiary/aromatic N) is 3. The maximum absolute atomic E-state index is 13.5. The average molecular weight is 519 g/mol. The Labute approximate surface area is 216 Å². The fourth-order valence-corrected chi connectivity index (χ4v) is 4.77. The number of aromatic nitrogens is 3. The molecule has 0 aliphatic heterocycles. The molecule has 9 nitrogen and oxygen atoms in total. The van der Waals surface area contributed by atoms with Crippen LogP contribution < -0.4 is 15.5 Å². The van der Waals surface area contributed by atoms with Gasteiger partial charge in [0.2, 0.25) is 16.9 Å². The van der Waals surface area contributed by atoms with E-state index in [1.165, 1.54) is 6.07 Å². The summed E-state index contributed by atoms with van der Waals surface area (Å²) in [6.07, 6.45) is 4.52. The predicted octanol–water partition coefficient (Wildman–Crippen LogP) is 4.57. The van der Waals surface area contributed by atoms with Crippen LogP contribution >= 0.6 is 11.8 Å². The van der Waals surface area contributed by atoms with Gasteiger partial charge in [0.25, 0.3) is 0 Å². The molecule has 0 aliphatic carbocycles. The minimum Gasteiger partial charge on any atom is -0.497 e. The Hall–Kier alpha value is -4.05. The van der Waals surface area contributed by atoms with E-state index in [1.54, 1.807) is 37.9 Å². The third kappa shape index (κ3) is 4.97. The first-order valence-electron chi connectivity index (χ1n) is 11.8. The van der Waals surface area contributed by atoms with Crippen molar-refractivity contribution in [3.63, 3.8) is 0 Å². The minimum absolute atomic E-state index is 0.0484. The molecule has 1 atom stereocenters. The van der Waals surface area contributed by atoms with Gasteiger partial charge in [-0.2, -0.15) is 11.8 Å². The van der Waals surface area contributed by atoms with E-state index in [-0.39, 0.29) is 35.0 Å². The molecule has 1 unspecified atom stereocenters. The summed E-state index contributed by atoms with van der Waals surface area (Å²) in [4.78, 5) is 26.1. The number of benzene rings is 1. The zero-order valence-electron chi connectivity index (χ0n) is 20.7. The van der Waals surface area contributed by atoms with Gasteiger partial charge in [-0.25, -0.2) is 0 Å². The second-order valence-electron chi connectivity index (χ2n) is 8.58. The third-order valence-corrected chi connectivity index (χ3v) is 6.71. The molecule has 0 saturated carbocycles. The molecule has 0 radical (unpaired) electrons. The van der Waals surface area contributed by atoms with Crippen LogP contribution in [0.3, 0.4) is 0 Å². The molecule has 5 aromatic rings. The molecule has 4 heterocycles. The molecule has 4 aromatic heterocycles. The normalized spacial score (nSPS) is 12.2. The van der Waals surface area contributed by atoms with Crippen LogP contribution in [0.15, 0.2) is 68.4 Å². The Balaban J connectivity index is 1.51. The molecule has 0 bridgehead atoms. The van der Waals surface area contributed by atoms with Crippen molar-refractivity contribution < 1.29 is 18.4 Å². The molecule has 0 spiro atoms. The number of aryl methyl sites for hydroxylation is 1. The first-order valence-corrected chi connectivity index (χ1v) is 13.2. The number of fused-ring (bicyclic) bond motifs is 2. The van der Waals surface area contributed by atoms with Crippen LogP contribution in [0.2, 0.25) is 0 Å². The van der Waals surface area contributed by atoms with E-state index in [1.807, 2.05) is 47.2 Å². The third-order valence-electron chi connectivity index (χ3n) is 6.07. The van der Waals surface area contributed by atoms with Gasteiger partial charge in [0, 0.05) is 17.8 Å². The van der Waals surface area contributed by atoms with Crippen molar-refractivity contribution in [1.82, 2.24) is 19.9 Å². The van der Waals surface area contributed by atoms with E-state index in [2.05, 4.69) is 15.5 Å². The first kappa shape index (κ1) is 24.6. The number of thioether (sulfide) groups is 1. The van der Waals surface area contributed by atoms with Gasteiger partial charge < -0.3 is 18.9 Å². The van der Waals surface area contributed by atoms with E-state index in [0.717, 1.165) is 5.75 Å². The summed E-state index contributed by atoms with van der Waals surface area (Å²) in [5, 5.41) is 11.7. The molecule has 37 heavy (non-hydrogen) atoms. The van der Waals surface area contributed by atoms with E-state index in [9.17, 15) is 9.59 Å². The Kier molecular flexibility index (Phi) is 7.00. The zero-order chi connectivity index (χ0) is 25.9. The average Bonchev–Trinajstić information content (AvgIpc) is 3.49. The number of methoxy groups -OCH3 is 1. The Bertz CT molecular complexity index is 1620. The lowest BCUT2D eigenvalue weighted by atomic mass is 10.0. The van der Waals surface area contributed by atoms with Gasteiger partial charge in [-0.1, -0.05) is 6.07 Å². The molecule has 5 rings (SSSR count). The maximum Gasteiger partial charge on any atom is 0.228 e. The molecular weight excluding hydrogens is 492 g/mol. The van der Waals surface area contributed by atoms with Gasteiger partial charge in [0.15, 0.2) is 17.1 Å².